The molecule has 15 heteroatoms. The largest absolute Gasteiger partial charge is 0.493 e. The number of methoxy groups -OCH3 is 2. The van der Waals surface area contributed by atoms with Gasteiger partial charge in [0.2, 0.25) is 0 Å². The van der Waals surface area contributed by atoms with E-state index in [2.05, 4.69) is 5.32 Å². The Kier molecular flexibility index (Phi) is 12.0. The van der Waals surface area contributed by atoms with Crippen molar-refractivity contribution in [2.24, 2.45) is 0 Å². The molecule has 9 nitrogen and oxygen atoms in total. The summed E-state index contributed by atoms with van der Waals surface area (Å²) in [6.45, 7) is 9.29. The van der Waals surface area contributed by atoms with Crippen molar-refractivity contribution in [2.75, 3.05) is 14.2 Å². The monoisotopic (exact) mass is 703 g/mol. The summed E-state index contributed by atoms with van der Waals surface area (Å²) in [7, 11) is 2.93. The van der Waals surface area contributed by atoms with Crippen LogP contribution in [0.4, 0.5) is 18.0 Å². The van der Waals surface area contributed by atoms with Crippen LogP contribution in [0.3, 0.4) is 0 Å². The van der Waals surface area contributed by atoms with Crippen LogP contribution in [-0.2, 0) is 30.5 Å². The molecule has 0 fully saturated rings. The molecule has 0 bridgehead atoms. The fourth-order valence-corrected chi connectivity index (χ4v) is 6.16. The molecule has 46 heavy (non-hydrogen) atoms. The van der Waals surface area contributed by atoms with Crippen LogP contribution in [0.15, 0.2) is 44.9 Å². The molecule has 3 aromatic rings. The van der Waals surface area contributed by atoms with Gasteiger partial charge in [0, 0.05) is 29.4 Å². The Morgan fingerprint density at radius 1 is 0.957 bits per heavy atom. The number of rotatable bonds is 7. The average Bonchev–Trinajstić information content (AvgIpc) is 3.39. The third-order valence-corrected chi connectivity index (χ3v) is 8.34. The minimum Gasteiger partial charge on any atom is -0.493 e. The summed E-state index contributed by atoms with van der Waals surface area (Å²) < 4.78 is 57.0. The predicted molar refractivity (Wildman–Crippen MR) is 170 cm³/mol. The molecule has 0 radical (unpaired) electrons. The third kappa shape index (κ3) is 8.83. The summed E-state index contributed by atoms with van der Waals surface area (Å²) in [5.41, 5.74) is -1.83. The molecule has 2 amide bonds. The second-order valence-corrected chi connectivity index (χ2v) is 12.6. The van der Waals surface area contributed by atoms with Crippen molar-refractivity contribution < 1.29 is 37.0 Å². The van der Waals surface area contributed by atoms with Crippen molar-refractivity contribution in [1.29, 1.82) is 0 Å². The Bertz CT molecular complexity index is 1620. The number of hydrogen-bond donors (Lipinski definition) is 2. The number of alkyl halides is 3. The SMILES string of the molecule is CC.COc1cc2c(cc1OC)CN(C(=O)c1c(Sc3c(Cl)cc(CNC(=O)OC(C)(C)C)cc3Cl)cc(C(F)(F)F)[nH]c1=O)C2. The van der Waals surface area contributed by atoms with Crippen molar-refractivity contribution in [2.45, 2.75) is 75.8 Å². The Morgan fingerprint density at radius 3 is 1.93 bits per heavy atom. The first kappa shape index (κ1) is 36.9. The molecule has 0 aliphatic carbocycles. The first-order valence-corrected chi connectivity index (χ1v) is 15.6. The number of alkyl carbamates (subject to hydrolysis) is 1. The lowest BCUT2D eigenvalue weighted by Gasteiger charge is -2.20. The highest BCUT2D eigenvalue weighted by Gasteiger charge is 2.36. The van der Waals surface area contributed by atoms with Gasteiger partial charge in [0.1, 0.15) is 16.9 Å². The van der Waals surface area contributed by atoms with Gasteiger partial charge in [0.15, 0.2) is 11.5 Å². The van der Waals surface area contributed by atoms with E-state index in [9.17, 15) is 27.6 Å². The normalized spacial score (nSPS) is 12.6. The maximum Gasteiger partial charge on any atom is 0.431 e. The molecule has 1 aliphatic heterocycles. The van der Waals surface area contributed by atoms with Gasteiger partial charge in [0.05, 0.1) is 24.3 Å². The maximum absolute atomic E-state index is 13.7. The second-order valence-electron chi connectivity index (χ2n) is 10.7. The van der Waals surface area contributed by atoms with Crippen molar-refractivity contribution in [1.82, 2.24) is 15.2 Å². The zero-order valence-electron chi connectivity index (χ0n) is 26.2. The van der Waals surface area contributed by atoms with Crippen molar-refractivity contribution in [3.63, 3.8) is 0 Å². The number of aromatic amines is 1. The summed E-state index contributed by atoms with van der Waals surface area (Å²) in [6.07, 6.45) is -5.58. The van der Waals surface area contributed by atoms with Crippen LogP contribution >= 0.6 is 35.0 Å². The lowest BCUT2D eigenvalue weighted by atomic mass is 10.1. The van der Waals surface area contributed by atoms with Gasteiger partial charge in [-0.1, -0.05) is 48.8 Å². The fraction of sp³-hybridized carbons (Fsp3) is 0.387. The maximum atomic E-state index is 13.7. The van der Waals surface area contributed by atoms with Crippen LogP contribution in [-0.4, -0.2) is 41.7 Å². The standard InChI is InChI=1S/C29H28Cl2F3N3O6S.C2H6/c1-28(2,3)43-27(40)35-11-14-6-17(30)24(18(31)7-14)44-21-10-22(29(32,33)34)36-25(38)23(21)26(39)37-12-15-8-19(41-4)20(42-5)9-16(15)13-37;1-2/h6-10H,11-13H2,1-5H3,(H,35,40)(H,36,38);1-2H3. The molecule has 1 aromatic heterocycles. The molecule has 2 heterocycles. The zero-order chi connectivity index (χ0) is 34.6. The Balaban J connectivity index is 0.00000282. The molecule has 0 spiro atoms. The first-order chi connectivity index (χ1) is 21.5. The topological polar surface area (TPSA) is 110 Å². The van der Waals surface area contributed by atoms with Gasteiger partial charge >= 0.3 is 12.3 Å². The van der Waals surface area contributed by atoms with Gasteiger partial charge < -0.3 is 29.4 Å². The van der Waals surface area contributed by atoms with Gasteiger partial charge in [-0.2, -0.15) is 13.2 Å². The van der Waals surface area contributed by atoms with E-state index >= 15 is 0 Å². The van der Waals surface area contributed by atoms with Gasteiger partial charge in [-0.15, -0.1) is 0 Å². The van der Waals surface area contributed by atoms with Gasteiger partial charge in [-0.25, -0.2) is 4.79 Å². The number of ether oxygens (including phenoxy) is 3. The zero-order valence-corrected chi connectivity index (χ0v) is 28.5. The van der Waals surface area contributed by atoms with E-state index in [1.807, 2.05) is 13.8 Å². The van der Waals surface area contributed by atoms with Crippen molar-refractivity contribution in [3.05, 3.63) is 78.7 Å². The highest BCUT2D eigenvalue weighted by molar-refractivity contribution is 7.99. The number of fused-ring (bicyclic) bond motifs is 1. The molecular weight excluding hydrogens is 670 g/mol. The molecule has 0 unspecified atom stereocenters. The van der Waals surface area contributed by atoms with Crippen LogP contribution in [0, 0.1) is 0 Å². The van der Waals surface area contributed by atoms with E-state index in [1.165, 1.54) is 31.3 Å². The number of nitrogens with one attached hydrogen (secondary N) is 2. The van der Waals surface area contributed by atoms with E-state index in [0.717, 1.165) is 11.1 Å². The van der Waals surface area contributed by atoms with Crippen LogP contribution < -0.4 is 20.3 Å². The molecule has 0 atom stereocenters. The molecule has 0 saturated heterocycles. The number of carbonyl (C=O) groups is 2. The number of hydrogen-bond acceptors (Lipinski definition) is 7. The van der Waals surface area contributed by atoms with E-state index in [-0.39, 0.29) is 39.5 Å². The van der Waals surface area contributed by atoms with E-state index < -0.39 is 40.6 Å². The Morgan fingerprint density at radius 2 is 1.48 bits per heavy atom. The third-order valence-electron chi connectivity index (χ3n) is 6.34. The van der Waals surface area contributed by atoms with Crippen LogP contribution in [0.1, 0.15) is 67.4 Å². The minimum absolute atomic E-state index is 0.00263. The number of nitrogens with zero attached hydrogens (tertiary/aromatic N) is 1. The fourth-order valence-electron chi connectivity index (χ4n) is 4.41. The number of pyridine rings is 1. The number of benzene rings is 2. The summed E-state index contributed by atoms with van der Waals surface area (Å²) in [5, 5.41) is 2.63. The molecule has 1 aliphatic rings. The Labute approximate surface area is 278 Å². The Hall–Kier alpha value is -3.55. The average molecular weight is 705 g/mol. The number of carbonyl (C=O) groups excluding carboxylic acids is 2. The van der Waals surface area contributed by atoms with Crippen LogP contribution in [0.5, 0.6) is 11.5 Å². The molecule has 4 rings (SSSR count). The van der Waals surface area contributed by atoms with Gasteiger partial charge in [-0.05, 0) is 67.8 Å². The predicted octanol–water partition coefficient (Wildman–Crippen LogP) is 8.08. The van der Waals surface area contributed by atoms with Crippen molar-refractivity contribution in [3.8, 4) is 11.5 Å². The molecule has 250 valence electrons. The minimum atomic E-state index is -4.90. The number of halogens is 5. The molecule has 2 aromatic carbocycles. The number of H-pyrrole nitrogens is 1. The van der Waals surface area contributed by atoms with Crippen molar-refractivity contribution >= 4 is 47.0 Å². The first-order valence-electron chi connectivity index (χ1n) is 14.0. The summed E-state index contributed by atoms with van der Waals surface area (Å²) >= 11 is 13.6. The highest BCUT2D eigenvalue weighted by Crippen LogP contribution is 2.42. The van der Waals surface area contributed by atoms with Gasteiger partial charge in [0.25, 0.3) is 11.5 Å². The lowest BCUT2D eigenvalue weighted by Crippen LogP contribution is -2.32. The summed E-state index contributed by atoms with van der Waals surface area (Å²) in [4.78, 5) is 41.8. The van der Waals surface area contributed by atoms with Gasteiger partial charge in [-0.3, -0.25) is 9.59 Å². The van der Waals surface area contributed by atoms with Crippen LogP contribution in [0.25, 0.3) is 0 Å². The second kappa shape index (κ2) is 14.9. The van der Waals surface area contributed by atoms with Crippen LogP contribution in [0.2, 0.25) is 10.0 Å². The molecular formula is C31H34Cl2F3N3O6S. The van der Waals surface area contributed by atoms with E-state index in [0.29, 0.717) is 34.9 Å². The summed E-state index contributed by atoms with van der Waals surface area (Å²) in [6, 6.07) is 7.01. The number of aromatic nitrogens is 1. The highest BCUT2D eigenvalue weighted by atomic mass is 35.5. The summed E-state index contributed by atoms with van der Waals surface area (Å²) in [5.74, 6) is 0.0958. The smallest absolute Gasteiger partial charge is 0.431 e. The number of amides is 2. The van der Waals surface area contributed by atoms with E-state index in [4.69, 9.17) is 37.4 Å². The van der Waals surface area contributed by atoms with E-state index in [1.54, 1.807) is 37.9 Å². The molecule has 2 N–H and O–H groups in total. The molecule has 0 saturated carbocycles. The quantitative estimate of drug-likeness (QED) is 0.256. The lowest BCUT2D eigenvalue weighted by molar-refractivity contribution is -0.141.